The van der Waals surface area contributed by atoms with E-state index in [0.717, 1.165) is 48.2 Å². The van der Waals surface area contributed by atoms with Gasteiger partial charge in [0.1, 0.15) is 0 Å². The van der Waals surface area contributed by atoms with Gasteiger partial charge < -0.3 is 20.2 Å². The van der Waals surface area contributed by atoms with Gasteiger partial charge in [-0.3, -0.25) is 4.79 Å². The fourth-order valence-electron chi connectivity index (χ4n) is 6.39. The lowest BCUT2D eigenvalue weighted by Crippen LogP contribution is -2.55. The highest BCUT2D eigenvalue weighted by atomic mass is 32.2. The molecule has 4 saturated carbocycles. The first-order valence-electron chi connectivity index (χ1n) is 11.6. The average molecular weight is 450 g/mol. The Kier molecular flexibility index (Phi) is 8.30. The molecule has 1 aromatic rings. The molecular formula is C24H39N3O3S. The molecule has 0 aromatic heterocycles. The molecule has 1 heterocycles. The van der Waals surface area contributed by atoms with E-state index >= 15 is 0 Å². The maximum absolute atomic E-state index is 12.8. The van der Waals surface area contributed by atoms with Crippen LogP contribution in [0.1, 0.15) is 55.8 Å². The number of hydrogen-bond acceptors (Lipinski definition) is 5. The van der Waals surface area contributed by atoms with E-state index in [1.165, 1.54) is 44.2 Å². The fourth-order valence-corrected chi connectivity index (χ4v) is 6.39. The van der Waals surface area contributed by atoms with Crippen LogP contribution in [-0.2, 0) is 0 Å². The van der Waals surface area contributed by atoms with Crippen molar-refractivity contribution in [2.45, 2.75) is 51.5 Å². The van der Waals surface area contributed by atoms with Gasteiger partial charge in [0, 0.05) is 30.4 Å². The molecule has 6 nitrogen and oxygen atoms in total. The zero-order valence-electron chi connectivity index (χ0n) is 19.1. The summed E-state index contributed by atoms with van der Waals surface area (Å²) >= 11 is 0.713. The average Bonchev–Trinajstić information content (AvgIpc) is 3.17. The van der Waals surface area contributed by atoms with E-state index in [1.54, 1.807) is 18.4 Å². The Hall–Kier alpha value is -1.28. The molecule has 174 valence electrons. The minimum atomic E-state index is 0. The van der Waals surface area contributed by atoms with Gasteiger partial charge in [-0.1, -0.05) is 6.92 Å². The molecule has 1 atom stereocenters. The van der Waals surface area contributed by atoms with Gasteiger partial charge in [0.15, 0.2) is 0 Å². The lowest BCUT2D eigenvalue weighted by atomic mass is 9.54. The molecule has 6 rings (SSSR count). The molecule has 5 fully saturated rings. The fraction of sp³-hybridized carbons (Fsp3) is 0.708. The van der Waals surface area contributed by atoms with Crippen LogP contribution >= 0.6 is 12.2 Å². The van der Waals surface area contributed by atoms with Crippen LogP contribution in [0.3, 0.4) is 0 Å². The highest BCUT2D eigenvalue weighted by Gasteiger charge is 2.48. The van der Waals surface area contributed by atoms with E-state index in [9.17, 15) is 4.79 Å². The normalized spacial score (nSPS) is 33.0. The predicted molar refractivity (Wildman–Crippen MR) is 128 cm³/mol. The molecule has 0 radical (unpaired) electrons. The van der Waals surface area contributed by atoms with E-state index in [0.29, 0.717) is 18.3 Å². The summed E-state index contributed by atoms with van der Waals surface area (Å²) in [6.45, 7) is 4.59. The number of amides is 1. The first-order chi connectivity index (χ1) is 14.4. The maximum atomic E-state index is 12.8. The van der Waals surface area contributed by atoms with Crippen molar-refractivity contribution < 1.29 is 14.8 Å². The minimum absolute atomic E-state index is 0. The second-order valence-corrected chi connectivity index (χ2v) is 11.1. The van der Waals surface area contributed by atoms with Crippen LogP contribution in [0.2, 0.25) is 0 Å². The number of benzene rings is 1. The predicted octanol–water partition coefficient (Wildman–Crippen LogP) is 3.93. The Balaban J connectivity index is 0.000000411. The van der Waals surface area contributed by atoms with Crippen LogP contribution in [-0.4, -0.2) is 53.5 Å². The maximum Gasteiger partial charge on any atom is 0.251 e. The van der Waals surface area contributed by atoms with E-state index in [-0.39, 0.29) is 11.4 Å². The summed E-state index contributed by atoms with van der Waals surface area (Å²) in [7, 11) is 3.54. The van der Waals surface area contributed by atoms with Gasteiger partial charge in [0.25, 0.3) is 5.91 Å². The third-order valence-electron chi connectivity index (χ3n) is 7.61. The van der Waals surface area contributed by atoms with Crippen LogP contribution in [0.4, 0.5) is 5.69 Å². The Labute approximate surface area is 191 Å². The summed E-state index contributed by atoms with van der Waals surface area (Å²) in [5.74, 6) is 4.31. The van der Waals surface area contributed by atoms with Crippen LogP contribution in [0.25, 0.3) is 0 Å². The van der Waals surface area contributed by atoms with Crippen molar-refractivity contribution in [2.75, 3.05) is 32.1 Å². The summed E-state index contributed by atoms with van der Waals surface area (Å²) in [5, 5.41) is 3.42. The van der Waals surface area contributed by atoms with Gasteiger partial charge in [0.05, 0.1) is 12.2 Å². The third-order valence-corrected chi connectivity index (χ3v) is 7.93. The topological polar surface area (TPSA) is 87.3 Å². The van der Waals surface area contributed by atoms with Crippen LogP contribution in [0, 0.1) is 29.6 Å². The van der Waals surface area contributed by atoms with E-state index in [1.807, 2.05) is 12.1 Å². The summed E-state index contributed by atoms with van der Waals surface area (Å²) in [6, 6.07) is 8.72. The Morgan fingerprint density at radius 2 is 1.61 bits per heavy atom. The van der Waals surface area contributed by atoms with Gasteiger partial charge in [0.2, 0.25) is 0 Å². The molecule has 7 heteroatoms. The highest BCUT2D eigenvalue weighted by Crippen LogP contribution is 2.53. The van der Waals surface area contributed by atoms with Crippen molar-refractivity contribution >= 4 is 23.8 Å². The molecule has 1 amide bonds. The van der Waals surface area contributed by atoms with Crippen molar-refractivity contribution in [1.29, 1.82) is 0 Å². The summed E-state index contributed by atoms with van der Waals surface area (Å²) in [4.78, 5) is 15.2. The highest BCUT2D eigenvalue weighted by molar-refractivity contribution is 7.91. The molecular weight excluding hydrogens is 410 g/mol. The second kappa shape index (κ2) is 10.6. The van der Waals surface area contributed by atoms with E-state index in [2.05, 4.69) is 29.3 Å². The number of hydrogen-bond donors (Lipinski definition) is 2. The number of carbonyl (C=O) groups excluding carboxylic acids is 1. The van der Waals surface area contributed by atoms with E-state index < -0.39 is 0 Å². The van der Waals surface area contributed by atoms with Gasteiger partial charge >= 0.3 is 0 Å². The zero-order chi connectivity index (χ0) is 21.3. The molecule has 4 aliphatic carbocycles. The quantitative estimate of drug-likeness (QED) is 0.537. The number of rotatable bonds is 4. The molecule has 31 heavy (non-hydrogen) atoms. The van der Waals surface area contributed by atoms with Gasteiger partial charge in [-0.2, -0.15) is 0 Å². The van der Waals surface area contributed by atoms with Crippen molar-refractivity contribution in [3.8, 4) is 0 Å². The van der Waals surface area contributed by atoms with Gasteiger partial charge in [-0.05, 0) is 106 Å². The van der Waals surface area contributed by atoms with Crippen LogP contribution in [0.5, 0.6) is 0 Å². The SMILES string of the molecule is CN(C)SO.C[C@@H]1CCN(c2ccc(C(=O)NC3C4CC5CC(C4)CC3C5)cc2)C1.O. The molecule has 1 aliphatic heterocycles. The minimum Gasteiger partial charge on any atom is -0.412 e. The number of carbonyl (C=O) groups is 1. The Morgan fingerprint density at radius 3 is 2.06 bits per heavy atom. The standard InChI is InChI=1S/C22H30N2O.C2H7NOS.H2O/c1-14-6-7-24(13-14)20-4-2-17(3-5-20)22(25)23-21-18-9-15-8-16(11-18)12-19(21)10-15;1-3(2)5-4;/h2-5,14-16,18-19,21H,6-13H2,1H3,(H,23,25);4H,1-2H3;1H2/t14-,15?,16?,18?,19?,21?;;/m1../s1. The van der Waals surface area contributed by atoms with Gasteiger partial charge in [-0.25, -0.2) is 4.31 Å². The monoisotopic (exact) mass is 449 g/mol. The zero-order valence-corrected chi connectivity index (χ0v) is 19.9. The lowest BCUT2D eigenvalue weighted by Gasteiger charge is -2.54. The largest absolute Gasteiger partial charge is 0.412 e. The summed E-state index contributed by atoms with van der Waals surface area (Å²) < 4.78 is 9.58. The smallest absolute Gasteiger partial charge is 0.251 e. The molecule has 4 bridgehead atoms. The number of anilines is 1. The van der Waals surface area contributed by atoms with Gasteiger partial charge in [-0.15, -0.1) is 0 Å². The first kappa shape index (κ1) is 24.4. The Bertz CT molecular complexity index is 699. The molecule has 1 saturated heterocycles. The summed E-state index contributed by atoms with van der Waals surface area (Å²) in [5.41, 5.74) is 2.08. The molecule has 5 aliphatic rings. The molecule has 0 spiro atoms. The van der Waals surface area contributed by atoms with Crippen molar-refractivity contribution in [1.82, 2.24) is 9.62 Å². The lowest BCUT2D eigenvalue weighted by molar-refractivity contribution is -0.0119. The number of nitrogens with zero attached hydrogens (tertiary/aromatic N) is 2. The first-order valence-corrected chi connectivity index (χ1v) is 12.3. The Morgan fingerprint density at radius 1 is 1.06 bits per heavy atom. The molecule has 1 aromatic carbocycles. The number of nitrogens with one attached hydrogen (secondary N) is 1. The van der Waals surface area contributed by atoms with Crippen LogP contribution < -0.4 is 10.2 Å². The van der Waals surface area contributed by atoms with E-state index in [4.69, 9.17) is 4.55 Å². The molecule has 0 unspecified atom stereocenters. The summed E-state index contributed by atoms with van der Waals surface area (Å²) in [6.07, 6.45) is 8.14. The third kappa shape index (κ3) is 5.75. The van der Waals surface area contributed by atoms with Crippen molar-refractivity contribution in [3.63, 3.8) is 0 Å². The second-order valence-electron chi connectivity index (χ2n) is 10.2. The van der Waals surface area contributed by atoms with Crippen molar-refractivity contribution in [3.05, 3.63) is 29.8 Å². The van der Waals surface area contributed by atoms with Crippen molar-refractivity contribution in [2.24, 2.45) is 29.6 Å². The van der Waals surface area contributed by atoms with Crippen LogP contribution in [0.15, 0.2) is 24.3 Å². The molecule has 4 N–H and O–H groups in total.